The zero-order chi connectivity index (χ0) is 14.2. The molecule has 0 atom stereocenters. The van der Waals surface area contributed by atoms with Crippen LogP contribution in [0.3, 0.4) is 0 Å². The van der Waals surface area contributed by atoms with Gasteiger partial charge >= 0.3 is 0 Å². The maximum absolute atomic E-state index is 12.0. The highest BCUT2D eigenvalue weighted by atomic mass is 35.7. The Labute approximate surface area is 116 Å². The topological polar surface area (TPSA) is 91.9 Å². The zero-order valence-corrected chi connectivity index (χ0v) is 12.3. The van der Waals surface area contributed by atoms with Crippen molar-refractivity contribution in [2.75, 3.05) is 6.54 Å². The van der Waals surface area contributed by atoms with E-state index in [1.165, 1.54) is 0 Å². The molecular formula is C11H16ClN3O3S. The Hall–Kier alpha value is -1.08. The van der Waals surface area contributed by atoms with Gasteiger partial charge in [0.2, 0.25) is 0 Å². The third-order valence-electron chi connectivity index (χ3n) is 3.03. The number of amides is 1. The van der Waals surface area contributed by atoms with Gasteiger partial charge in [-0.1, -0.05) is 13.8 Å². The molecule has 2 rings (SSSR count). The van der Waals surface area contributed by atoms with Crippen LogP contribution in [0.1, 0.15) is 48.8 Å². The molecule has 8 heteroatoms. The van der Waals surface area contributed by atoms with Crippen LogP contribution in [0.2, 0.25) is 0 Å². The summed E-state index contributed by atoms with van der Waals surface area (Å²) in [5.74, 6) is -0.126. The Bertz CT molecular complexity index is 590. The van der Waals surface area contributed by atoms with Gasteiger partial charge < -0.3 is 5.32 Å². The highest BCUT2D eigenvalue weighted by Gasteiger charge is 2.30. The molecule has 106 valence electrons. The molecule has 0 radical (unpaired) electrons. The van der Waals surface area contributed by atoms with Gasteiger partial charge in [0.05, 0.1) is 5.69 Å². The van der Waals surface area contributed by atoms with Crippen molar-refractivity contribution in [1.29, 1.82) is 0 Å². The normalized spacial score (nSPS) is 15.8. The highest BCUT2D eigenvalue weighted by Crippen LogP contribution is 2.29. The lowest BCUT2D eigenvalue weighted by Crippen LogP contribution is -2.27. The fourth-order valence-electron chi connectivity index (χ4n) is 1.78. The second kappa shape index (κ2) is 5.13. The number of aromatic amines is 1. The van der Waals surface area contributed by atoms with E-state index in [9.17, 15) is 13.2 Å². The van der Waals surface area contributed by atoms with Crippen LogP contribution in [0, 0.1) is 5.92 Å². The van der Waals surface area contributed by atoms with Crippen LogP contribution in [-0.2, 0) is 9.05 Å². The maximum Gasteiger partial charge on any atom is 0.273 e. The summed E-state index contributed by atoms with van der Waals surface area (Å²) in [7, 11) is 1.39. The van der Waals surface area contributed by atoms with Gasteiger partial charge in [0.1, 0.15) is 4.90 Å². The number of rotatable bonds is 5. The number of nitrogens with one attached hydrogen (secondary N) is 2. The second-order valence-corrected chi connectivity index (χ2v) is 7.56. The van der Waals surface area contributed by atoms with Crippen LogP contribution >= 0.6 is 10.7 Å². The minimum Gasteiger partial charge on any atom is -0.350 e. The van der Waals surface area contributed by atoms with Crippen LogP contribution in [0.4, 0.5) is 0 Å². The van der Waals surface area contributed by atoms with Gasteiger partial charge in [-0.05, 0) is 24.7 Å². The number of carbonyl (C=O) groups is 1. The van der Waals surface area contributed by atoms with Crippen molar-refractivity contribution in [1.82, 2.24) is 15.5 Å². The monoisotopic (exact) mass is 305 g/mol. The number of aromatic nitrogens is 2. The van der Waals surface area contributed by atoms with E-state index in [-0.39, 0.29) is 16.5 Å². The van der Waals surface area contributed by atoms with Crippen LogP contribution in [0.25, 0.3) is 0 Å². The lowest BCUT2D eigenvalue weighted by atomic mass is 10.1. The van der Waals surface area contributed by atoms with E-state index in [0.717, 1.165) is 12.8 Å². The summed E-state index contributed by atoms with van der Waals surface area (Å²) < 4.78 is 23.2. The zero-order valence-electron chi connectivity index (χ0n) is 10.7. The van der Waals surface area contributed by atoms with E-state index in [2.05, 4.69) is 15.5 Å². The minimum atomic E-state index is -4.02. The van der Waals surface area contributed by atoms with Crippen LogP contribution in [-0.4, -0.2) is 31.1 Å². The summed E-state index contributed by atoms with van der Waals surface area (Å²) in [6, 6.07) is 0. The highest BCUT2D eigenvalue weighted by molar-refractivity contribution is 8.13. The quantitative estimate of drug-likeness (QED) is 0.808. The lowest BCUT2D eigenvalue weighted by Gasteiger charge is -2.05. The van der Waals surface area contributed by atoms with Crippen molar-refractivity contribution in [2.45, 2.75) is 37.5 Å². The summed E-state index contributed by atoms with van der Waals surface area (Å²) in [4.78, 5) is 11.8. The molecule has 2 N–H and O–H groups in total. The van der Waals surface area contributed by atoms with E-state index in [1.54, 1.807) is 13.8 Å². The average Bonchev–Trinajstić information content (AvgIpc) is 2.99. The first-order valence-electron chi connectivity index (χ1n) is 6.11. The van der Waals surface area contributed by atoms with Gasteiger partial charge in [-0.15, -0.1) is 0 Å². The molecule has 1 amide bonds. The third kappa shape index (κ3) is 3.27. The SMILES string of the molecule is CC(C)c1[nH]nc(C(=O)NCC2CC2)c1S(=O)(=O)Cl. The van der Waals surface area contributed by atoms with Crippen molar-refractivity contribution in [2.24, 2.45) is 5.92 Å². The summed E-state index contributed by atoms with van der Waals surface area (Å²) >= 11 is 0. The molecule has 19 heavy (non-hydrogen) atoms. The van der Waals surface area contributed by atoms with Gasteiger partial charge in [-0.2, -0.15) is 5.10 Å². The molecule has 6 nitrogen and oxygen atoms in total. The fourth-order valence-corrected chi connectivity index (χ4v) is 3.16. The smallest absolute Gasteiger partial charge is 0.273 e. The Balaban J connectivity index is 2.31. The Morgan fingerprint density at radius 2 is 2.16 bits per heavy atom. The summed E-state index contributed by atoms with van der Waals surface area (Å²) in [5, 5.41) is 9.07. The standard InChI is InChI=1S/C11H16ClN3O3S/c1-6(2)8-10(19(12,17)18)9(15-14-8)11(16)13-5-7-3-4-7/h6-7H,3-5H2,1-2H3,(H,13,16)(H,14,15). The molecule has 1 aromatic heterocycles. The Kier molecular flexibility index (Phi) is 3.87. The second-order valence-electron chi connectivity index (χ2n) is 5.06. The first-order valence-corrected chi connectivity index (χ1v) is 8.42. The molecule has 0 saturated heterocycles. The van der Waals surface area contributed by atoms with Crippen molar-refractivity contribution < 1.29 is 13.2 Å². The summed E-state index contributed by atoms with van der Waals surface area (Å²) in [5.41, 5.74) is 0.200. The molecule has 1 aliphatic rings. The van der Waals surface area contributed by atoms with Crippen LogP contribution in [0.15, 0.2) is 4.90 Å². The minimum absolute atomic E-state index is 0.124. The maximum atomic E-state index is 12.0. The van der Waals surface area contributed by atoms with Gasteiger partial charge in [0.15, 0.2) is 5.69 Å². The predicted octanol–water partition coefficient (Wildman–Crippen LogP) is 1.60. The number of H-pyrrole nitrogens is 1. The lowest BCUT2D eigenvalue weighted by molar-refractivity contribution is 0.0943. The van der Waals surface area contributed by atoms with Crippen molar-refractivity contribution >= 4 is 25.6 Å². The van der Waals surface area contributed by atoms with E-state index >= 15 is 0 Å². The van der Waals surface area contributed by atoms with Crippen molar-refractivity contribution in [3.05, 3.63) is 11.4 Å². The average molecular weight is 306 g/mol. The van der Waals surface area contributed by atoms with Gasteiger partial charge in [0, 0.05) is 17.2 Å². The predicted molar refractivity (Wildman–Crippen MR) is 70.8 cm³/mol. The molecule has 0 bridgehead atoms. The van der Waals surface area contributed by atoms with E-state index < -0.39 is 15.0 Å². The first-order chi connectivity index (χ1) is 8.80. The fraction of sp³-hybridized carbons (Fsp3) is 0.636. The van der Waals surface area contributed by atoms with E-state index in [1.807, 2.05) is 0 Å². The number of halogens is 1. The molecule has 0 spiro atoms. The molecular weight excluding hydrogens is 290 g/mol. The summed E-state index contributed by atoms with van der Waals surface area (Å²) in [6.07, 6.45) is 2.19. The van der Waals surface area contributed by atoms with E-state index in [0.29, 0.717) is 18.2 Å². The number of hydrogen-bond acceptors (Lipinski definition) is 4. The largest absolute Gasteiger partial charge is 0.350 e. The van der Waals surface area contributed by atoms with Gasteiger partial charge in [-0.25, -0.2) is 8.42 Å². The number of nitrogens with zero attached hydrogens (tertiary/aromatic N) is 1. The molecule has 0 aliphatic heterocycles. The Morgan fingerprint density at radius 1 is 1.53 bits per heavy atom. The first kappa shape index (κ1) is 14.3. The van der Waals surface area contributed by atoms with Crippen LogP contribution in [0.5, 0.6) is 0 Å². The molecule has 1 fully saturated rings. The number of hydrogen-bond donors (Lipinski definition) is 2. The number of carbonyl (C=O) groups excluding carboxylic acids is 1. The molecule has 0 aromatic carbocycles. The third-order valence-corrected chi connectivity index (χ3v) is 4.40. The van der Waals surface area contributed by atoms with Crippen LogP contribution < -0.4 is 5.32 Å². The van der Waals surface area contributed by atoms with E-state index in [4.69, 9.17) is 10.7 Å². The molecule has 1 saturated carbocycles. The van der Waals surface area contributed by atoms with Gasteiger partial charge in [0.25, 0.3) is 15.0 Å². The summed E-state index contributed by atoms with van der Waals surface area (Å²) in [6.45, 7) is 4.14. The Morgan fingerprint density at radius 3 is 2.63 bits per heavy atom. The van der Waals surface area contributed by atoms with Crippen molar-refractivity contribution in [3.63, 3.8) is 0 Å². The molecule has 1 aliphatic carbocycles. The van der Waals surface area contributed by atoms with Crippen molar-refractivity contribution in [3.8, 4) is 0 Å². The van der Waals surface area contributed by atoms with Gasteiger partial charge in [-0.3, -0.25) is 9.89 Å². The molecule has 1 aromatic rings. The molecule has 0 unspecified atom stereocenters. The molecule has 1 heterocycles.